The first-order valence-electron chi connectivity index (χ1n) is 4.42. The van der Waals surface area contributed by atoms with E-state index in [9.17, 15) is 0 Å². The molecular formula is C8H19N3O. The molecule has 72 valence electrons. The van der Waals surface area contributed by atoms with Gasteiger partial charge in [-0.1, -0.05) is 6.92 Å². The van der Waals surface area contributed by atoms with E-state index in [1.807, 2.05) is 6.92 Å². The molecule has 0 amide bonds. The van der Waals surface area contributed by atoms with Gasteiger partial charge in [0.05, 0.1) is 6.61 Å². The number of nitrogens with two attached hydrogens (primary N) is 1. The van der Waals surface area contributed by atoms with Crippen LogP contribution in [0.1, 0.15) is 26.7 Å². The second-order valence-corrected chi connectivity index (χ2v) is 2.43. The van der Waals surface area contributed by atoms with Crippen LogP contribution in [-0.4, -0.2) is 25.6 Å². The first-order chi connectivity index (χ1) is 5.85. The van der Waals surface area contributed by atoms with E-state index in [0.29, 0.717) is 6.61 Å². The Morgan fingerprint density at radius 3 is 2.67 bits per heavy atom. The topological polar surface area (TPSA) is 59.6 Å². The van der Waals surface area contributed by atoms with Gasteiger partial charge in [0.1, 0.15) is 5.84 Å². The minimum absolute atomic E-state index is 0.691. The van der Waals surface area contributed by atoms with E-state index in [1.165, 1.54) is 0 Å². The molecule has 3 N–H and O–H groups in total. The minimum atomic E-state index is 0.691. The van der Waals surface area contributed by atoms with Gasteiger partial charge in [-0.15, -0.1) is 0 Å². The highest BCUT2D eigenvalue weighted by Gasteiger charge is 1.94. The molecule has 0 bridgehead atoms. The fraction of sp³-hybridized carbons (Fsp3) is 0.875. The molecule has 0 saturated carbocycles. The normalized spacial score (nSPS) is 11.8. The van der Waals surface area contributed by atoms with Crippen LogP contribution >= 0.6 is 0 Å². The van der Waals surface area contributed by atoms with Crippen molar-refractivity contribution in [3.63, 3.8) is 0 Å². The van der Waals surface area contributed by atoms with Crippen LogP contribution in [0.3, 0.4) is 0 Å². The summed E-state index contributed by atoms with van der Waals surface area (Å²) in [4.78, 5) is 4.14. The van der Waals surface area contributed by atoms with Gasteiger partial charge >= 0.3 is 0 Å². The Morgan fingerprint density at radius 2 is 2.17 bits per heavy atom. The van der Waals surface area contributed by atoms with Crippen molar-refractivity contribution in [1.29, 1.82) is 0 Å². The standard InChI is InChI=1S/C8H19N3O/c1-3-6-12-7-5-8(11-9)10-4-2/h3-7,9H2,1-2H3,(H,10,11). The summed E-state index contributed by atoms with van der Waals surface area (Å²) in [5, 5.41) is 0. The Labute approximate surface area is 74.2 Å². The van der Waals surface area contributed by atoms with Gasteiger partial charge in [-0.05, 0) is 13.3 Å². The molecule has 0 radical (unpaired) electrons. The first kappa shape index (κ1) is 11.4. The van der Waals surface area contributed by atoms with E-state index in [0.717, 1.165) is 31.8 Å². The van der Waals surface area contributed by atoms with Crippen LogP contribution in [0.25, 0.3) is 0 Å². The molecule has 0 rings (SSSR count). The highest BCUT2D eigenvalue weighted by Crippen LogP contribution is 1.87. The molecule has 0 unspecified atom stereocenters. The molecule has 4 heteroatoms. The number of hydrazine groups is 1. The molecule has 0 aromatic carbocycles. The van der Waals surface area contributed by atoms with Crippen LogP contribution < -0.4 is 11.3 Å². The molecule has 0 aromatic heterocycles. The number of hydrogen-bond donors (Lipinski definition) is 2. The van der Waals surface area contributed by atoms with Crippen LogP contribution in [0.5, 0.6) is 0 Å². The summed E-state index contributed by atoms with van der Waals surface area (Å²) >= 11 is 0. The summed E-state index contributed by atoms with van der Waals surface area (Å²) in [6, 6.07) is 0. The third-order valence-corrected chi connectivity index (χ3v) is 1.35. The fourth-order valence-corrected chi connectivity index (χ4v) is 0.803. The average Bonchev–Trinajstić information content (AvgIpc) is 2.10. The molecule has 0 heterocycles. The largest absolute Gasteiger partial charge is 0.381 e. The van der Waals surface area contributed by atoms with Gasteiger partial charge in [-0.2, -0.15) is 0 Å². The second-order valence-electron chi connectivity index (χ2n) is 2.43. The van der Waals surface area contributed by atoms with Crippen molar-refractivity contribution in [2.45, 2.75) is 26.7 Å². The molecule has 0 aliphatic heterocycles. The molecule has 12 heavy (non-hydrogen) atoms. The maximum Gasteiger partial charge on any atom is 0.113 e. The van der Waals surface area contributed by atoms with E-state index in [1.54, 1.807) is 0 Å². The summed E-state index contributed by atoms with van der Waals surface area (Å²) in [5.74, 6) is 6.05. The van der Waals surface area contributed by atoms with E-state index < -0.39 is 0 Å². The predicted molar refractivity (Wildman–Crippen MR) is 51.0 cm³/mol. The predicted octanol–water partition coefficient (Wildman–Crippen LogP) is 0.685. The van der Waals surface area contributed by atoms with Gasteiger partial charge in [0, 0.05) is 19.6 Å². The monoisotopic (exact) mass is 173 g/mol. The number of hydrogen-bond acceptors (Lipinski definition) is 3. The highest BCUT2D eigenvalue weighted by molar-refractivity contribution is 5.81. The average molecular weight is 173 g/mol. The van der Waals surface area contributed by atoms with Gasteiger partial charge < -0.3 is 10.2 Å². The Balaban J connectivity index is 3.38. The molecule has 0 aliphatic carbocycles. The maximum atomic E-state index is 5.29. The van der Waals surface area contributed by atoms with Crippen LogP contribution in [-0.2, 0) is 4.74 Å². The van der Waals surface area contributed by atoms with Crippen molar-refractivity contribution >= 4 is 5.84 Å². The number of amidine groups is 1. The molecule has 0 aliphatic rings. The van der Waals surface area contributed by atoms with Crippen LogP contribution in [0.15, 0.2) is 4.99 Å². The Hall–Kier alpha value is -0.610. The van der Waals surface area contributed by atoms with Gasteiger partial charge in [-0.3, -0.25) is 4.99 Å². The molecule has 0 atom stereocenters. The van der Waals surface area contributed by atoms with Gasteiger partial charge in [0.15, 0.2) is 0 Å². The zero-order valence-corrected chi connectivity index (χ0v) is 7.97. The third kappa shape index (κ3) is 6.12. The number of rotatable bonds is 6. The molecule has 0 spiro atoms. The smallest absolute Gasteiger partial charge is 0.113 e. The molecule has 0 fully saturated rings. The third-order valence-electron chi connectivity index (χ3n) is 1.35. The SMILES string of the molecule is CCCOCCC(=NCC)NN. The van der Waals surface area contributed by atoms with E-state index in [4.69, 9.17) is 10.6 Å². The van der Waals surface area contributed by atoms with Crippen molar-refractivity contribution in [2.24, 2.45) is 10.8 Å². The van der Waals surface area contributed by atoms with Crippen molar-refractivity contribution < 1.29 is 4.74 Å². The van der Waals surface area contributed by atoms with Crippen molar-refractivity contribution in [3.8, 4) is 0 Å². The number of nitrogens with one attached hydrogen (secondary N) is 1. The zero-order chi connectivity index (χ0) is 9.23. The molecule has 0 aromatic rings. The highest BCUT2D eigenvalue weighted by atomic mass is 16.5. The van der Waals surface area contributed by atoms with Crippen molar-refractivity contribution in [3.05, 3.63) is 0 Å². The summed E-state index contributed by atoms with van der Waals surface area (Å²) in [6.07, 6.45) is 1.82. The van der Waals surface area contributed by atoms with E-state index in [-0.39, 0.29) is 0 Å². The van der Waals surface area contributed by atoms with Gasteiger partial charge in [0.2, 0.25) is 0 Å². The van der Waals surface area contributed by atoms with Gasteiger partial charge in [0.25, 0.3) is 0 Å². The number of nitrogens with zero attached hydrogens (tertiary/aromatic N) is 1. The van der Waals surface area contributed by atoms with Crippen molar-refractivity contribution in [1.82, 2.24) is 5.43 Å². The van der Waals surface area contributed by atoms with Crippen LogP contribution in [0, 0.1) is 0 Å². The minimum Gasteiger partial charge on any atom is -0.381 e. The Kier molecular flexibility index (Phi) is 8.05. The molecule has 0 saturated heterocycles. The van der Waals surface area contributed by atoms with Crippen LogP contribution in [0.2, 0.25) is 0 Å². The first-order valence-corrected chi connectivity index (χ1v) is 4.42. The Bertz CT molecular complexity index is 125. The molecular weight excluding hydrogens is 154 g/mol. The lowest BCUT2D eigenvalue weighted by Crippen LogP contribution is -2.31. The second kappa shape index (κ2) is 8.49. The lowest BCUT2D eigenvalue weighted by molar-refractivity contribution is 0.141. The number of aliphatic imine (C=N–C) groups is 1. The van der Waals surface area contributed by atoms with E-state index in [2.05, 4.69) is 17.3 Å². The quantitative estimate of drug-likeness (QED) is 0.204. The molecule has 4 nitrogen and oxygen atoms in total. The van der Waals surface area contributed by atoms with Gasteiger partial charge in [-0.25, -0.2) is 5.84 Å². The number of ether oxygens (including phenoxy) is 1. The summed E-state index contributed by atoms with van der Waals surface area (Å²) in [5.41, 5.74) is 2.55. The summed E-state index contributed by atoms with van der Waals surface area (Å²) in [6.45, 7) is 6.32. The van der Waals surface area contributed by atoms with Crippen molar-refractivity contribution in [2.75, 3.05) is 19.8 Å². The summed E-state index contributed by atoms with van der Waals surface area (Å²) in [7, 11) is 0. The van der Waals surface area contributed by atoms with E-state index >= 15 is 0 Å². The Morgan fingerprint density at radius 1 is 1.42 bits per heavy atom. The summed E-state index contributed by atoms with van der Waals surface area (Å²) < 4.78 is 5.29. The lowest BCUT2D eigenvalue weighted by Gasteiger charge is -2.05. The lowest BCUT2D eigenvalue weighted by atomic mass is 10.4. The fourth-order valence-electron chi connectivity index (χ4n) is 0.803. The maximum absolute atomic E-state index is 5.29. The zero-order valence-electron chi connectivity index (χ0n) is 7.97. The van der Waals surface area contributed by atoms with Crippen LogP contribution in [0.4, 0.5) is 0 Å².